The van der Waals surface area contributed by atoms with E-state index < -0.39 is 5.91 Å². The summed E-state index contributed by atoms with van der Waals surface area (Å²) < 4.78 is 0. The van der Waals surface area contributed by atoms with Crippen molar-refractivity contribution < 1.29 is 14.7 Å². The molecule has 0 fully saturated rings. The Balaban J connectivity index is 0. The van der Waals surface area contributed by atoms with Crippen molar-refractivity contribution in [2.75, 3.05) is 13.2 Å². The highest BCUT2D eigenvalue weighted by Crippen LogP contribution is 1.72. The van der Waals surface area contributed by atoms with Crippen molar-refractivity contribution in [2.45, 2.75) is 6.42 Å². The van der Waals surface area contributed by atoms with Crippen LogP contribution in [0.5, 0.6) is 0 Å². The summed E-state index contributed by atoms with van der Waals surface area (Å²) in [6, 6.07) is 0. The van der Waals surface area contributed by atoms with Crippen LogP contribution in [0.1, 0.15) is 6.42 Å². The van der Waals surface area contributed by atoms with Crippen molar-refractivity contribution >= 4 is 11.8 Å². The van der Waals surface area contributed by atoms with Crippen LogP contribution in [0, 0.1) is 0 Å². The Bertz CT molecular complexity index is 202. The Kier molecular flexibility index (Phi) is 12.1. The van der Waals surface area contributed by atoms with E-state index in [1.165, 1.54) is 6.08 Å². The van der Waals surface area contributed by atoms with Crippen molar-refractivity contribution in [2.24, 2.45) is 5.73 Å². The van der Waals surface area contributed by atoms with Gasteiger partial charge in [-0.1, -0.05) is 13.2 Å². The fourth-order valence-electron chi connectivity index (χ4n) is 0.363. The maximum absolute atomic E-state index is 10.4. The molecule has 0 aliphatic rings. The minimum atomic E-state index is -0.481. The summed E-state index contributed by atoms with van der Waals surface area (Å²) in [5.74, 6) is -0.673. The summed E-state index contributed by atoms with van der Waals surface area (Å²) in [5, 5.41) is 10.8. The molecule has 14 heavy (non-hydrogen) atoms. The number of hydrogen-bond acceptors (Lipinski definition) is 3. The highest BCUT2D eigenvalue weighted by atomic mass is 16.3. The van der Waals surface area contributed by atoms with Crippen LogP contribution < -0.4 is 11.1 Å². The Hall–Kier alpha value is -1.62. The first kappa shape index (κ1) is 14.9. The zero-order valence-corrected chi connectivity index (χ0v) is 8.03. The van der Waals surface area contributed by atoms with Gasteiger partial charge in [0.1, 0.15) is 0 Å². The lowest BCUT2D eigenvalue weighted by Gasteiger charge is -1.96. The molecule has 5 nitrogen and oxygen atoms in total. The summed E-state index contributed by atoms with van der Waals surface area (Å²) in [4.78, 5) is 19.8. The molecule has 0 aromatic rings. The molecule has 0 bridgehead atoms. The highest BCUT2D eigenvalue weighted by Gasteiger charge is 1.89. The van der Waals surface area contributed by atoms with Crippen LogP contribution >= 0.6 is 0 Å². The van der Waals surface area contributed by atoms with Gasteiger partial charge in [-0.05, 0) is 18.6 Å². The standard InChI is InChI=1S/C6H11NO2.C3H5NO/c1-2-6(9)7-4-3-5-8;1-2-3(4)5/h2,8H,1,3-5H2,(H,7,9);2H,1H2,(H2,4,5). The number of nitrogens with two attached hydrogens (primary N) is 1. The van der Waals surface area contributed by atoms with Gasteiger partial charge in [-0.15, -0.1) is 0 Å². The molecule has 80 valence electrons. The average Bonchev–Trinajstić information content (AvgIpc) is 2.19. The van der Waals surface area contributed by atoms with E-state index in [9.17, 15) is 9.59 Å². The second kappa shape index (κ2) is 11.4. The molecule has 0 unspecified atom stereocenters. The zero-order valence-electron chi connectivity index (χ0n) is 8.03. The summed E-state index contributed by atoms with van der Waals surface area (Å²) >= 11 is 0. The van der Waals surface area contributed by atoms with Gasteiger partial charge in [-0.25, -0.2) is 0 Å². The van der Waals surface area contributed by atoms with Crippen LogP contribution in [-0.4, -0.2) is 30.1 Å². The van der Waals surface area contributed by atoms with Gasteiger partial charge < -0.3 is 16.2 Å². The Morgan fingerprint density at radius 1 is 1.36 bits per heavy atom. The van der Waals surface area contributed by atoms with E-state index in [2.05, 4.69) is 24.2 Å². The van der Waals surface area contributed by atoms with Gasteiger partial charge in [0.15, 0.2) is 0 Å². The van der Waals surface area contributed by atoms with Gasteiger partial charge in [-0.2, -0.15) is 0 Å². The van der Waals surface area contributed by atoms with E-state index >= 15 is 0 Å². The lowest BCUT2D eigenvalue weighted by molar-refractivity contribution is -0.116. The second-order valence-electron chi connectivity index (χ2n) is 2.18. The summed E-state index contributed by atoms with van der Waals surface area (Å²) in [6.45, 7) is 6.97. The predicted molar refractivity (Wildman–Crippen MR) is 54.3 cm³/mol. The van der Waals surface area contributed by atoms with E-state index in [-0.39, 0.29) is 12.5 Å². The molecule has 0 aliphatic heterocycles. The van der Waals surface area contributed by atoms with Crippen molar-refractivity contribution in [1.82, 2.24) is 5.32 Å². The molecule has 0 spiro atoms. The van der Waals surface area contributed by atoms with Gasteiger partial charge in [-0.3, -0.25) is 9.59 Å². The van der Waals surface area contributed by atoms with Crippen molar-refractivity contribution in [3.8, 4) is 0 Å². The van der Waals surface area contributed by atoms with Gasteiger partial charge in [0.25, 0.3) is 0 Å². The monoisotopic (exact) mass is 200 g/mol. The molecule has 2 amide bonds. The van der Waals surface area contributed by atoms with Crippen LogP contribution in [-0.2, 0) is 9.59 Å². The Morgan fingerprint density at radius 2 is 1.86 bits per heavy atom. The number of carbonyl (C=O) groups excluding carboxylic acids is 2. The second-order valence-corrected chi connectivity index (χ2v) is 2.18. The first-order valence-corrected chi connectivity index (χ1v) is 4.01. The van der Waals surface area contributed by atoms with E-state index in [0.29, 0.717) is 13.0 Å². The number of nitrogens with one attached hydrogen (secondary N) is 1. The highest BCUT2D eigenvalue weighted by molar-refractivity contribution is 5.86. The summed E-state index contributed by atoms with van der Waals surface area (Å²) in [7, 11) is 0. The Labute approximate surface area is 83.3 Å². The van der Waals surface area contributed by atoms with E-state index in [0.717, 1.165) is 6.08 Å². The van der Waals surface area contributed by atoms with Crippen molar-refractivity contribution in [1.29, 1.82) is 0 Å². The normalized spacial score (nSPS) is 7.79. The maximum Gasteiger partial charge on any atom is 0.243 e. The van der Waals surface area contributed by atoms with Crippen molar-refractivity contribution in [3.05, 3.63) is 25.3 Å². The lowest BCUT2D eigenvalue weighted by Crippen LogP contribution is -2.22. The number of aliphatic hydroxyl groups excluding tert-OH is 1. The molecule has 0 atom stereocenters. The number of amides is 2. The molecule has 0 radical (unpaired) electrons. The minimum Gasteiger partial charge on any atom is -0.396 e. The van der Waals surface area contributed by atoms with Gasteiger partial charge >= 0.3 is 0 Å². The molecule has 0 saturated heterocycles. The smallest absolute Gasteiger partial charge is 0.243 e. The molecule has 0 saturated carbocycles. The van der Waals surface area contributed by atoms with Gasteiger partial charge in [0, 0.05) is 13.2 Å². The first-order valence-electron chi connectivity index (χ1n) is 4.01. The van der Waals surface area contributed by atoms with Crippen LogP contribution in [0.2, 0.25) is 0 Å². The molecule has 5 heteroatoms. The fourth-order valence-corrected chi connectivity index (χ4v) is 0.363. The molecule has 0 aromatic heterocycles. The molecular weight excluding hydrogens is 184 g/mol. The topological polar surface area (TPSA) is 92.4 Å². The third-order valence-electron chi connectivity index (χ3n) is 1.02. The molecule has 0 heterocycles. The summed E-state index contributed by atoms with van der Waals surface area (Å²) in [5.41, 5.74) is 4.53. The number of primary amides is 1. The van der Waals surface area contributed by atoms with Crippen LogP contribution in [0.15, 0.2) is 25.3 Å². The van der Waals surface area contributed by atoms with E-state index in [1.54, 1.807) is 0 Å². The predicted octanol–water partition coefficient (Wildman–Crippen LogP) is -0.671. The number of hydrogen-bond donors (Lipinski definition) is 3. The van der Waals surface area contributed by atoms with Crippen LogP contribution in [0.25, 0.3) is 0 Å². The Morgan fingerprint density at radius 3 is 2.14 bits per heavy atom. The molecule has 0 aliphatic carbocycles. The third-order valence-corrected chi connectivity index (χ3v) is 1.02. The van der Waals surface area contributed by atoms with Gasteiger partial charge in [0.05, 0.1) is 0 Å². The number of carbonyl (C=O) groups is 2. The number of aliphatic hydroxyl groups is 1. The van der Waals surface area contributed by atoms with Crippen molar-refractivity contribution in [3.63, 3.8) is 0 Å². The lowest BCUT2D eigenvalue weighted by atomic mass is 10.4. The van der Waals surface area contributed by atoms with E-state index in [4.69, 9.17) is 5.11 Å². The van der Waals surface area contributed by atoms with Gasteiger partial charge in [0.2, 0.25) is 11.8 Å². The third kappa shape index (κ3) is 16.8. The maximum atomic E-state index is 10.4. The van der Waals surface area contributed by atoms with E-state index in [1.807, 2.05) is 0 Å². The average molecular weight is 200 g/mol. The number of rotatable bonds is 5. The molecular formula is C9H16N2O3. The quantitative estimate of drug-likeness (QED) is 0.406. The fraction of sp³-hybridized carbons (Fsp3) is 0.333. The molecule has 0 aromatic carbocycles. The zero-order chi connectivity index (χ0) is 11.4. The largest absolute Gasteiger partial charge is 0.396 e. The summed E-state index contributed by atoms with van der Waals surface area (Å²) in [6.07, 6.45) is 2.86. The van der Waals surface area contributed by atoms with Crippen LogP contribution in [0.4, 0.5) is 0 Å². The molecule has 0 rings (SSSR count). The first-order chi connectivity index (χ1) is 6.58. The minimum absolute atomic E-state index is 0.109. The SMILES string of the molecule is C=CC(=O)NCCCO.C=CC(N)=O. The van der Waals surface area contributed by atoms with Crippen LogP contribution in [0.3, 0.4) is 0 Å². The molecule has 4 N–H and O–H groups in total.